The van der Waals surface area contributed by atoms with Crippen molar-refractivity contribution in [2.45, 2.75) is 82.5 Å². The van der Waals surface area contributed by atoms with Crippen LogP contribution in [0.3, 0.4) is 0 Å². The zero-order chi connectivity index (χ0) is 30.2. The number of carboxylic acid groups (broad SMARTS) is 1. The number of nitrogens with one attached hydrogen (secondary N) is 1. The van der Waals surface area contributed by atoms with E-state index < -0.39 is 48.1 Å². The number of rotatable bonds is 5. The molecule has 0 aromatic carbocycles. The molecule has 4 bridgehead atoms. The van der Waals surface area contributed by atoms with E-state index in [1.807, 2.05) is 13.8 Å². The molecule has 1 saturated carbocycles. The molecule has 2 fully saturated rings. The molecular formula is C27H41F3N2O8. The highest BCUT2D eigenvalue weighted by atomic mass is 19.4. The zero-order valence-electron chi connectivity index (χ0n) is 23.3. The van der Waals surface area contributed by atoms with Crippen molar-refractivity contribution >= 4 is 11.9 Å². The van der Waals surface area contributed by atoms with Gasteiger partial charge < -0.3 is 40.6 Å². The number of esters is 1. The Morgan fingerprint density at radius 1 is 1.32 bits per heavy atom. The van der Waals surface area contributed by atoms with Crippen LogP contribution < -0.4 is 11.1 Å². The largest absolute Gasteiger partial charge is 0.490 e. The van der Waals surface area contributed by atoms with Crippen molar-refractivity contribution in [2.24, 2.45) is 35.3 Å². The maximum atomic E-state index is 13.0. The number of carboxylic acids is 1. The molecule has 1 spiro atoms. The van der Waals surface area contributed by atoms with Gasteiger partial charge in [-0.15, -0.1) is 0 Å². The monoisotopic (exact) mass is 578 g/mol. The molecule has 1 saturated heterocycles. The van der Waals surface area contributed by atoms with Gasteiger partial charge in [-0.3, -0.25) is 0 Å². The Balaban J connectivity index is 0.000000559. The number of nitrogens with two attached hydrogens (primary N) is 1. The summed E-state index contributed by atoms with van der Waals surface area (Å²) < 4.78 is 50.0. The van der Waals surface area contributed by atoms with E-state index in [2.05, 4.69) is 30.5 Å². The van der Waals surface area contributed by atoms with E-state index >= 15 is 0 Å². The van der Waals surface area contributed by atoms with Gasteiger partial charge in [-0.05, 0) is 25.8 Å². The minimum atomic E-state index is -5.08. The normalized spacial score (nSPS) is 42.9. The molecule has 0 aromatic heterocycles. The lowest BCUT2D eigenvalue weighted by Gasteiger charge is -2.49. The van der Waals surface area contributed by atoms with Gasteiger partial charge in [-0.2, -0.15) is 13.2 Å². The third-order valence-corrected chi connectivity index (χ3v) is 8.72. The number of hydrogen-bond donors (Lipinski definition) is 5. The number of carbonyl (C=O) groups excluding carboxylic acids is 1. The highest BCUT2D eigenvalue weighted by molar-refractivity contribution is 5.75. The highest BCUT2D eigenvalue weighted by Crippen LogP contribution is 2.60. The molecule has 4 rings (SSSR count). The van der Waals surface area contributed by atoms with Gasteiger partial charge >= 0.3 is 18.1 Å². The molecule has 6 N–H and O–H groups in total. The first kappa shape index (κ1) is 32.5. The Morgan fingerprint density at radius 3 is 2.48 bits per heavy atom. The number of alkyl halides is 3. The van der Waals surface area contributed by atoms with Crippen LogP contribution in [-0.2, 0) is 23.8 Å². The highest BCUT2D eigenvalue weighted by Gasteiger charge is 2.68. The first-order valence-electron chi connectivity index (χ1n) is 13.5. The summed E-state index contributed by atoms with van der Waals surface area (Å²) in [7, 11) is 1.50. The average Bonchev–Trinajstić information content (AvgIpc) is 3.06. The molecule has 12 atom stereocenters. The zero-order valence-corrected chi connectivity index (χ0v) is 23.3. The first-order chi connectivity index (χ1) is 18.6. The van der Waals surface area contributed by atoms with E-state index in [0.29, 0.717) is 19.5 Å². The molecule has 0 aromatic rings. The molecule has 228 valence electrons. The minimum Gasteiger partial charge on any atom is -0.475 e. The smallest absolute Gasteiger partial charge is 0.475 e. The number of aliphatic carboxylic acids is 1. The summed E-state index contributed by atoms with van der Waals surface area (Å²) in [5.74, 6) is -3.73. The van der Waals surface area contributed by atoms with Crippen molar-refractivity contribution in [1.82, 2.24) is 5.32 Å². The van der Waals surface area contributed by atoms with E-state index in [9.17, 15) is 28.2 Å². The number of halogens is 3. The van der Waals surface area contributed by atoms with E-state index in [4.69, 9.17) is 29.8 Å². The second kappa shape index (κ2) is 12.5. The predicted octanol–water partition coefficient (Wildman–Crippen LogP) is 1.40. The molecule has 40 heavy (non-hydrogen) atoms. The van der Waals surface area contributed by atoms with Crippen molar-refractivity contribution in [3.63, 3.8) is 0 Å². The first-order valence-corrected chi connectivity index (χ1v) is 13.5. The summed E-state index contributed by atoms with van der Waals surface area (Å²) in [4.78, 5) is 21.9. The lowest BCUT2D eigenvalue weighted by Crippen LogP contribution is -2.59. The third kappa shape index (κ3) is 5.95. The van der Waals surface area contributed by atoms with E-state index in [1.54, 1.807) is 6.92 Å². The molecule has 5 unspecified atom stereocenters. The van der Waals surface area contributed by atoms with Crippen LogP contribution in [0.4, 0.5) is 13.2 Å². The number of aliphatic hydroxyl groups is 2. The maximum absolute atomic E-state index is 13.0. The van der Waals surface area contributed by atoms with Gasteiger partial charge in [0.2, 0.25) is 0 Å². The summed E-state index contributed by atoms with van der Waals surface area (Å²) >= 11 is 0. The van der Waals surface area contributed by atoms with Gasteiger partial charge in [0.25, 0.3) is 0 Å². The molecule has 4 aliphatic rings. The van der Waals surface area contributed by atoms with Crippen molar-refractivity contribution in [2.75, 3.05) is 20.2 Å². The number of hydrogen-bond acceptors (Lipinski definition) is 9. The maximum Gasteiger partial charge on any atom is 0.490 e. The summed E-state index contributed by atoms with van der Waals surface area (Å²) in [6, 6.07) is -0.0263. The summed E-state index contributed by atoms with van der Waals surface area (Å²) in [5.41, 5.74) is 6.00. The molecule has 2 aliphatic heterocycles. The van der Waals surface area contributed by atoms with Crippen LogP contribution in [-0.4, -0.2) is 95.8 Å². The van der Waals surface area contributed by atoms with Crippen molar-refractivity contribution in [1.29, 1.82) is 0 Å². The second-order valence-electron chi connectivity index (χ2n) is 11.2. The van der Waals surface area contributed by atoms with Crippen molar-refractivity contribution < 1.29 is 52.3 Å². The van der Waals surface area contributed by atoms with Gasteiger partial charge in [0, 0.05) is 55.8 Å². The Morgan fingerprint density at radius 2 is 1.95 bits per heavy atom. The third-order valence-electron chi connectivity index (χ3n) is 8.72. The molecular weight excluding hydrogens is 537 g/mol. The van der Waals surface area contributed by atoms with Crippen LogP contribution in [0.1, 0.15) is 34.1 Å². The van der Waals surface area contributed by atoms with Crippen molar-refractivity contribution in [3.05, 3.63) is 23.8 Å². The van der Waals surface area contributed by atoms with Crippen LogP contribution in [0.25, 0.3) is 0 Å². The summed E-state index contributed by atoms with van der Waals surface area (Å²) in [5, 5.41) is 32.6. The average molecular weight is 579 g/mol. The molecule has 10 nitrogen and oxygen atoms in total. The van der Waals surface area contributed by atoms with Crippen LogP contribution in [0, 0.1) is 29.6 Å². The van der Waals surface area contributed by atoms with E-state index in [1.165, 1.54) is 7.11 Å². The Labute approximate surface area is 231 Å². The standard InChI is InChI=1S/C25H40N2O6.C2HF3O2/c1-12-10-13(2)25-16(11-18(31-5)24(30)32-22(12)15(4)28)6-7-17-19(25)21(29)14(3)20(23(17)33-25)27-9-8-26;3-2(4,5)1(6)7/h6-7,10,12,14-23,27-29H,8-9,11,26H2,1-5H3;(H,6,7)/b13-10+;/t12-,14?,15?,16-,17-,18+,19+,20?,21?,22+,23-,25?;/m1./s1. The van der Waals surface area contributed by atoms with E-state index in [-0.39, 0.29) is 41.7 Å². The number of ether oxygens (including phenoxy) is 3. The Bertz CT molecular complexity index is 989. The second-order valence-corrected chi connectivity index (χ2v) is 11.2. The quantitative estimate of drug-likeness (QED) is 0.238. The fourth-order valence-corrected chi connectivity index (χ4v) is 6.92. The molecule has 0 amide bonds. The van der Waals surface area contributed by atoms with Crippen LogP contribution in [0.15, 0.2) is 23.8 Å². The van der Waals surface area contributed by atoms with Crippen LogP contribution >= 0.6 is 0 Å². The van der Waals surface area contributed by atoms with Gasteiger partial charge in [-0.25, -0.2) is 9.59 Å². The van der Waals surface area contributed by atoms with Gasteiger partial charge in [0.1, 0.15) is 11.7 Å². The lowest BCUT2D eigenvalue weighted by molar-refractivity contribution is -0.192. The van der Waals surface area contributed by atoms with Crippen LogP contribution in [0.5, 0.6) is 0 Å². The molecule has 2 heterocycles. The number of aliphatic hydroxyl groups excluding tert-OH is 2. The minimum absolute atomic E-state index is 0.0108. The number of cyclic esters (lactones) is 1. The summed E-state index contributed by atoms with van der Waals surface area (Å²) in [6.45, 7) is 8.84. The molecule has 13 heteroatoms. The lowest BCUT2D eigenvalue weighted by atomic mass is 9.57. The van der Waals surface area contributed by atoms with Crippen LogP contribution in [0.2, 0.25) is 0 Å². The topological polar surface area (TPSA) is 161 Å². The fourth-order valence-electron chi connectivity index (χ4n) is 6.92. The predicted molar refractivity (Wildman–Crippen MR) is 137 cm³/mol. The number of methoxy groups -OCH3 is 1. The Kier molecular flexibility index (Phi) is 10.1. The van der Waals surface area contributed by atoms with Gasteiger partial charge in [-0.1, -0.05) is 32.1 Å². The van der Waals surface area contributed by atoms with E-state index in [0.717, 1.165) is 5.57 Å². The molecule has 2 aliphatic carbocycles. The fraction of sp³-hybridized carbons (Fsp3) is 0.778. The van der Waals surface area contributed by atoms with Gasteiger partial charge in [0.05, 0.1) is 18.3 Å². The Hall–Kier alpha value is -2.03. The SMILES string of the molecule is CO[C@H]1C[C@H]2C=C[C@@H]3[C@H]4C(O)C(C)C(NCCN)[C@@H]3OC24/C(C)=C/[C@@H](C)[C@@H](C(C)O)OC1=O.O=C(O)C(F)(F)F. The molecule has 0 radical (unpaired) electrons. The number of carbonyl (C=O) groups is 2. The van der Waals surface area contributed by atoms with Gasteiger partial charge in [0.15, 0.2) is 6.10 Å². The van der Waals surface area contributed by atoms with Crippen molar-refractivity contribution in [3.8, 4) is 0 Å². The summed E-state index contributed by atoms with van der Waals surface area (Å²) in [6.07, 6.45) is -1.38.